The Kier molecular flexibility index (Phi) is 7.51. The Balaban J connectivity index is 1.30. The van der Waals surface area contributed by atoms with Crippen molar-refractivity contribution >= 4 is 16.8 Å². The van der Waals surface area contributed by atoms with Gasteiger partial charge in [-0.25, -0.2) is 0 Å². The fourth-order valence-electron chi connectivity index (χ4n) is 5.69. The topological polar surface area (TPSA) is 57.8 Å². The van der Waals surface area contributed by atoms with Gasteiger partial charge in [0.15, 0.2) is 11.5 Å². The number of likely N-dealkylation sites (tertiary alicyclic amines) is 1. The second kappa shape index (κ2) is 11.0. The van der Waals surface area contributed by atoms with Crippen molar-refractivity contribution in [3.63, 3.8) is 0 Å². The zero-order valence-corrected chi connectivity index (χ0v) is 21.9. The summed E-state index contributed by atoms with van der Waals surface area (Å²) in [7, 11) is 0. The molecule has 0 bridgehead atoms. The zero-order chi connectivity index (χ0) is 25.1. The second-order valence-electron chi connectivity index (χ2n) is 10.8. The van der Waals surface area contributed by atoms with Crippen molar-refractivity contribution in [3.05, 3.63) is 59.3 Å². The highest BCUT2D eigenvalue weighted by Crippen LogP contribution is 2.35. The molecule has 2 aliphatic rings. The van der Waals surface area contributed by atoms with Gasteiger partial charge in [-0.1, -0.05) is 38.1 Å². The highest BCUT2D eigenvalue weighted by Gasteiger charge is 2.30. The number of rotatable bonds is 7. The van der Waals surface area contributed by atoms with Crippen LogP contribution in [-0.2, 0) is 17.9 Å². The second-order valence-corrected chi connectivity index (χ2v) is 10.8. The number of ether oxygens (including phenoxy) is 2. The summed E-state index contributed by atoms with van der Waals surface area (Å²) in [5.74, 6) is 2.36. The van der Waals surface area contributed by atoms with E-state index >= 15 is 0 Å². The number of aryl methyl sites for hydroxylation is 1. The molecular weight excluding hydrogens is 450 g/mol. The first-order valence-electron chi connectivity index (χ1n) is 13.4. The first-order valence-corrected chi connectivity index (χ1v) is 13.4. The third-order valence-electron chi connectivity index (χ3n) is 7.29. The summed E-state index contributed by atoms with van der Waals surface area (Å²) < 4.78 is 11.9. The van der Waals surface area contributed by atoms with Gasteiger partial charge in [-0.2, -0.15) is 0 Å². The molecule has 5 rings (SSSR count). The molecule has 1 aromatic heterocycles. The third-order valence-corrected chi connectivity index (χ3v) is 7.29. The SMILES string of the molecule is Cc1cc(CN(CC(C)C)C(=O)[C@@H]2CCCN(Cc3cccc4cc[nH]c34)C2)cc2c1OCCCO2. The summed E-state index contributed by atoms with van der Waals surface area (Å²) in [5.41, 5.74) is 4.69. The minimum Gasteiger partial charge on any atom is -0.490 e. The number of aromatic nitrogens is 1. The minimum atomic E-state index is 0.0295. The lowest BCUT2D eigenvalue weighted by Gasteiger charge is -2.36. The van der Waals surface area contributed by atoms with Crippen LogP contribution in [0.4, 0.5) is 0 Å². The molecule has 1 atom stereocenters. The zero-order valence-electron chi connectivity index (χ0n) is 21.9. The van der Waals surface area contributed by atoms with Gasteiger partial charge in [-0.3, -0.25) is 9.69 Å². The van der Waals surface area contributed by atoms with Crippen molar-refractivity contribution in [3.8, 4) is 11.5 Å². The van der Waals surface area contributed by atoms with Crippen LogP contribution in [0.15, 0.2) is 42.6 Å². The van der Waals surface area contributed by atoms with E-state index in [1.54, 1.807) is 0 Å². The number of H-pyrrole nitrogens is 1. The van der Waals surface area contributed by atoms with Gasteiger partial charge in [-0.15, -0.1) is 0 Å². The predicted molar refractivity (Wildman–Crippen MR) is 143 cm³/mol. The Labute approximate surface area is 214 Å². The van der Waals surface area contributed by atoms with Gasteiger partial charge in [0.2, 0.25) is 5.91 Å². The summed E-state index contributed by atoms with van der Waals surface area (Å²) in [6.45, 7) is 11.9. The van der Waals surface area contributed by atoms with E-state index in [4.69, 9.17) is 9.47 Å². The van der Waals surface area contributed by atoms with Crippen LogP contribution >= 0.6 is 0 Å². The van der Waals surface area contributed by atoms with Crippen LogP contribution in [0.2, 0.25) is 0 Å². The quantitative estimate of drug-likeness (QED) is 0.474. The van der Waals surface area contributed by atoms with Crippen molar-refractivity contribution in [2.45, 2.75) is 53.1 Å². The molecule has 1 N–H and O–H groups in total. The smallest absolute Gasteiger partial charge is 0.227 e. The number of para-hydroxylation sites is 1. The highest BCUT2D eigenvalue weighted by molar-refractivity contribution is 5.82. The molecule has 0 spiro atoms. The molecule has 3 aromatic rings. The lowest BCUT2D eigenvalue weighted by Crippen LogP contribution is -2.45. The van der Waals surface area contributed by atoms with E-state index in [0.29, 0.717) is 25.7 Å². The van der Waals surface area contributed by atoms with E-state index in [1.165, 1.54) is 16.5 Å². The van der Waals surface area contributed by atoms with Crippen LogP contribution in [0.3, 0.4) is 0 Å². The maximum absolute atomic E-state index is 13.9. The number of nitrogens with one attached hydrogen (secondary N) is 1. The first kappa shape index (κ1) is 24.7. The van der Waals surface area contributed by atoms with Crippen LogP contribution in [-0.4, -0.2) is 53.5 Å². The third kappa shape index (κ3) is 5.54. The molecule has 0 radical (unpaired) electrons. The molecule has 1 saturated heterocycles. The standard InChI is InChI=1S/C30H39N3O3/c1-21(2)17-33(18-23-15-22(3)29-27(16-23)35-13-6-14-36-29)30(34)26-9-5-12-32(20-26)19-25-8-4-7-24-10-11-31-28(24)25/h4,7-8,10-11,15-16,21,26,31H,5-6,9,12-14,17-20H2,1-3H3/t26-/m1/s1. The van der Waals surface area contributed by atoms with Gasteiger partial charge in [0.25, 0.3) is 0 Å². The van der Waals surface area contributed by atoms with Gasteiger partial charge < -0.3 is 19.4 Å². The van der Waals surface area contributed by atoms with Crippen LogP contribution < -0.4 is 9.47 Å². The number of fused-ring (bicyclic) bond motifs is 2. The van der Waals surface area contributed by atoms with Gasteiger partial charge in [-0.05, 0) is 66.4 Å². The number of amides is 1. The van der Waals surface area contributed by atoms with Crippen LogP contribution in [0.1, 0.15) is 49.8 Å². The summed E-state index contributed by atoms with van der Waals surface area (Å²) in [6.07, 6.45) is 4.90. The van der Waals surface area contributed by atoms with Gasteiger partial charge >= 0.3 is 0 Å². The molecule has 3 heterocycles. The van der Waals surface area contributed by atoms with Crippen molar-refractivity contribution < 1.29 is 14.3 Å². The predicted octanol–water partition coefficient (Wildman–Crippen LogP) is 5.53. The van der Waals surface area contributed by atoms with Crippen molar-refractivity contribution in [1.82, 2.24) is 14.8 Å². The van der Waals surface area contributed by atoms with E-state index in [9.17, 15) is 4.79 Å². The number of piperidine rings is 1. The van der Waals surface area contributed by atoms with Crippen LogP contribution in [0.25, 0.3) is 10.9 Å². The molecule has 6 nitrogen and oxygen atoms in total. The molecular formula is C30H39N3O3. The van der Waals surface area contributed by atoms with E-state index < -0.39 is 0 Å². The number of benzene rings is 2. The number of hydrogen-bond donors (Lipinski definition) is 1. The summed E-state index contributed by atoms with van der Waals surface area (Å²) in [5, 5.41) is 1.24. The van der Waals surface area contributed by atoms with Crippen molar-refractivity contribution in [2.24, 2.45) is 11.8 Å². The van der Waals surface area contributed by atoms with Crippen LogP contribution in [0, 0.1) is 18.8 Å². The van der Waals surface area contributed by atoms with E-state index in [-0.39, 0.29) is 11.8 Å². The number of carbonyl (C=O) groups excluding carboxylic acids is 1. The molecule has 36 heavy (non-hydrogen) atoms. The fraction of sp³-hybridized carbons (Fsp3) is 0.500. The summed E-state index contributed by atoms with van der Waals surface area (Å²) in [4.78, 5) is 21.8. The highest BCUT2D eigenvalue weighted by atomic mass is 16.5. The first-order chi connectivity index (χ1) is 17.5. The van der Waals surface area contributed by atoms with Gasteiger partial charge in [0.05, 0.1) is 19.1 Å². The number of carbonyl (C=O) groups is 1. The molecule has 6 heteroatoms. The summed E-state index contributed by atoms with van der Waals surface area (Å²) >= 11 is 0. The lowest BCUT2D eigenvalue weighted by atomic mass is 9.95. The van der Waals surface area contributed by atoms with Gasteiger partial charge in [0.1, 0.15) is 0 Å². The Bertz CT molecular complexity index is 1200. The maximum atomic E-state index is 13.9. The Morgan fingerprint density at radius 2 is 2.03 bits per heavy atom. The largest absolute Gasteiger partial charge is 0.490 e. The van der Waals surface area contributed by atoms with Crippen molar-refractivity contribution in [2.75, 3.05) is 32.8 Å². The number of hydrogen-bond acceptors (Lipinski definition) is 4. The lowest BCUT2D eigenvalue weighted by molar-refractivity contribution is -0.138. The molecule has 0 aliphatic carbocycles. The average molecular weight is 490 g/mol. The molecule has 192 valence electrons. The Morgan fingerprint density at radius 3 is 2.89 bits per heavy atom. The Morgan fingerprint density at radius 1 is 1.17 bits per heavy atom. The summed E-state index contributed by atoms with van der Waals surface area (Å²) in [6, 6.07) is 12.8. The fourth-order valence-corrected chi connectivity index (χ4v) is 5.69. The molecule has 0 saturated carbocycles. The molecule has 2 aliphatic heterocycles. The average Bonchev–Trinajstić information content (AvgIpc) is 3.22. The minimum absolute atomic E-state index is 0.0295. The molecule has 1 fully saturated rings. The normalized spacial score (nSPS) is 18.4. The maximum Gasteiger partial charge on any atom is 0.227 e. The molecule has 1 amide bonds. The number of aromatic amines is 1. The van der Waals surface area contributed by atoms with Crippen molar-refractivity contribution in [1.29, 1.82) is 0 Å². The van der Waals surface area contributed by atoms with Gasteiger partial charge in [0, 0.05) is 44.3 Å². The van der Waals surface area contributed by atoms with E-state index in [1.807, 2.05) is 6.20 Å². The number of nitrogens with zero attached hydrogens (tertiary/aromatic N) is 2. The molecule has 0 unspecified atom stereocenters. The van der Waals surface area contributed by atoms with Crippen LogP contribution in [0.5, 0.6) is 11.5 Å². The molecule has 2 aromatic carbocycles. The van der Waals surface area contributed by atoms with E-state index in [2.05, 4.69) is 72.0 Å². The Hall–Kier alpha value is -2.99. The monoisotopic (exact) mass is 489 g/mol. The van der Waals surface area contributed by atoms with E-state index in [0.717, 1.165) is 68.1 Å².